The average molecular weight is 315 g/mol. The number of hydrogen-bond donors (Lipinski definition) is 0. The van der Waals surface area contributed by atoms with Gasteiger partial charge in [-0.3, -0.25) is 4.79 Å². The Hall–Kier alpha value is -1.67. The minimum Gasteiger partial charge on any atom is -0.293 e. The summed E-state index contributed by atoms with van der Waals surface area (Å²) in [5.41, 5.74) is 0.939. The Morgan fingerprint density at radius 3 is 2.21 bits per heavy atom. The van der Waals surface area contributed by atoms with Gasteiger partial charge in [0, 0.05) is 10.0 Å². The number of carbonyl (C=O) groups is 1. The van der Waals surface area contributed by atoms with Gasteiger partial charge in [0.25, 0.3) is 0 Å². The maximum Gasteiger partial charge on any atom is 0.176 e. The van der Waals surface area contributed by atoms with Crippen LogP contribution in [-0.4, -0.2) is 5.78 Å². The molecule has 0 fully saturated rings. The number of Topliss-reactive ketones (excluding diaryl/α,β-unsaturated/α-hetero) is 1. The molecule has 1 nitrogen and oxygen atoms in total. The second-order valence-corrected chi connectivity index (χ2v) is 5.52. The van der Waals surface area contributed by atoms with Crippen LogP contribution in [0.5, 0.6) is 0 Å². The molecule has 0 saturated carbocycles. The Kier molecular flexibility index (Phi) is 4.01. The standard InChI is InChI=1S/C17H15BrO/c1-3-17(2,14-9-11-15(18)12-10-14)16(19)13-7-5-4-6-8-13/h3-12H,1H2,2H3/t17-/m1/s1. The van der Waals surface area contributed by atoms with Gasteiger partial charge in [-0.1, -0.05) is 64.5 Å². The summed E-state index contributed by atoms with van der Waals surface area (Å²) in [6, 6.07) is 17.1. The van der Waals surface area contributed by atoms with E-state index in [2.05, 4.69) is 22.5 Å². The van der Waals surface area contributed by atoms with Crippen LogP contribution in [0.4, 0.5) is 0 Å². The van der Waals surface area contributed by atoms with Crippen molar-refractivity contribution in [2.45, 2.75) is 12.3 Å². The van der Waals surface area contributed by atoms with E-state index in [1.165, 1.54) is 0 Å². The van der Waals surface area contributed by atoms with Crippen molar-refractivity contribution in [2.75, 3.05) is 0 Å². The molecule has 1 atom stereocenters. The van der Waals surface area contributed by atoms with E-state index in [0.29, 0.717) is 5.56 Å². The van der Waals surface area contributed by atoms with E-state index in [4.69, 9.17) is 0 Å². The molecular weight excluding hydrogens is 300 g/mol. The molecule has 2 rings (SSSR count). The van der Waals surface area contributed by atoms with Crippen LogP contribution in [0, 0.1) is 0 Å². The second-order valence-electron chi connectivity index (χ2n) is 4.61. The molecule has 0 bridgehead atoms. The summed E-state index contributed by atoms with van der Waals surface area (Å²) >= 11 is 3.41. The first-order valence-corrected chi connectivity index (χ1v) is 6.87. The van der Waals surface area contributed by atoms with Crippen LogP contribution in [0.2, 0.25) is 0 Å². The Balaban J connectivity index is 2.46. The topological polar surface area (TPSA) is 17.1 Å². The highest BCUT2D eigenvalue weighted by atomic mass is 79.9. The Morgan fingerprint density at radius 1 is 1.11 bits per heavy atom. The molecule has 0 aliphatic carbocycles. The third kappa shape index (κ3) is 2.69. The van der Waals surface area contributed by atoms with E-state index >= 15 is 0 Å². The zero-order chi connectivity index (χ0) is 13.9. The van der Waals surface area contributed by atoms with Crippen molar-refractivity contribution < 1.29 is 4.79 Å². The third-order valence-corrected chi connectivity index (χ3v) is 3.89. The van der Waals surface area contributed by atoms with Crippen LogP contribution < -0.4 is 0 Å². The summed E-state index contributed by atoms with van der Waals surface area (Å²) in [7, 11) is 0. The fourth-order valence-corrected chi connectivity index (χ4v) is 2.29. The predicted molar refractivity (Wildman–Crippen MR) is 82.5 cm³/mol. The number of allylic oxidation sites excluding steroid dienone is 1. The number of hydrogen-bond acceptors (Lipinski definition) is 1. The fraction of sp³-hybridized carbons (Fsp3) is 0.118. The van der Waals surface area contributed by atoms with Crippen molar-refractivity contribution in [1.29, 1.82) is 0 Å². The smallest absolute Gasteiger partial charge is 0.176 e. The lowest BCUT2D eigenvalue weighted by Gasteiger charge is -2.25. The van der Waals surface area contributed by atoms with Crippen LogP contribution in [0.1, 0.15) is 22.8 Å². The molecule has 19 heavy (non-hydrogen) atoms. The number of carbonyl (C=O) groups excluding carboxylic acids is 1. The van der Waals surface area contributed by atoms with Gasteiger partial charge in [-0.25, -0.2) is 0 Å². The molecule has 0 aromatic heterocycles. The first-order valence-electron chi connectivity index (χ1n) is 6.07. The van der Waals surface area contributed by atoms with E-state index in [1.807, 2.05) is 61.5 Å². The Bertz CT molecular complexity index is 586. The zero-order valence-electron chi connectivity index (χ0n) is 10.8. The van der Waals surface area contributed by atoms with E-state index in [9.17, 15) is 4.79 Å². The van der Waals surface area contributed by atoms with Gasteiger partial charge in [-0.15, -0.1) is 6.58 Å². The van der Waals surface area contributed by atoms with Crippen molar-refractivity contribution in [3.8, 4) is 0 Å². The van der Waals surface area contributed by atoms with Crippen LogP contribution >= 0.6 is 15.9 Å². The van der Waals surface area contributed by atoms with Gasteiger partial charge in [0.15, 0.2) is 5.78 Å². The van der Waals surface area contributed by atoms with Gasteiger partial charge in [0.05, 0.1) is 5.41 Å². The Morgan fingerprint density at radius 2 is 1.68 bits per heavy atom. The average Bonchev–Trinajstić information content (AvgIpc) is 2.47. The SMILES string of the molecule is C=C[C@@](C)(C(=O)c1ccccc1)c1ccc(Br)cc1. The van der Waals surface area contributed by atoms with Gasteiger partial charge in [-0.2, -0.15) is 0 Å². The lowest BCUT2D eigenvalue weighted by Crippen LogP contribution is -2.30. The molecule has 2 aromatic carbocycles. The second kappa shape index (κ2) is 5.54. The summed E-state index contributed by atoms with van der Waals surface area (Å²) in [4.78, 5) is 12.7. The maximum atomic E-state index is 12.7. The van der Waals surface area contributed by atoms with Crippen LogP contribution in [0.3, 0.4) is 0 Å². The molecule has 2 heteroatoms. The minimum absolute atomic E-state index is 0.0606. The van der Waals surface area contributed by atoms with E-state index < -0.39 is 5.41 Å². The van der Waals surface area contributed by atoms with Crippen molar-refractivity contribution in [2.24, 2.45) is 0 Å². The summed E-state index contributed by atoms with van der Waals surface area (Å²) < 4.78 is 0.995. The van der Waals surface area contributed by atoms with E-state index in [0.717, 1.165) is 10.0 Å². The quantitative estimate of drug-likeness (QED) is 0.586. The van der Waals surface area contributed by atoms with E-state index in [-0.39, 0.29) is 5.78 Å². The lowest BCUT2D eigenvalue weighted by molar-refractivity contribution is 0.0927. The zero-order valence-corrected chi connectivity index (χ0v) is 12.4. The highest BCUT2D eigenvalue weighted by molar-refractivity contribution is 9.10. The van der Waals surface area contributed by atoms with Crippen molar-refractivity contribution in [1.82, 2.24) is 0 Å². The summed E-state index contributed by atoms with van der Waals surface area (Å²) in [5, 5.41) is 0. The van der Waals surface area contributed by atoms with Crippen molar-refractivity contribution in [3.05, 3.63) is 82.9 Å². The third-order valence-electron chi connectivity index (χ3n) is 3.36. The molecule has 0 aliphatic heterocycles. The number of benzene rings is 2. The number of ketones is 1. The monoisotopic (exact) mass is 314 g/mol. The molecule has 0 aliphatic rings. The van der Waals surface area contributed by atoms with Crippen LogP contribution in [0.25, 0.3) is 0 Å². The molecule has 0 radical (unpaired) electrons. The summed E-state index contributed by atoms with van der Waals surface area (Å²) in [5.74, 6) is 0.0606. The molecule has 0 heterocycles. The van der Waals surface area contributed by atoms with Gasteiger partial charge < -0.3 is 0 Å². The largest absolute Gasteiger partial charge is 0.293 e. The molecular formula is C17H15BrO. The normalized spacial score (nSPS) is 13.6. The highest BCUT2D eigenvalue weighted by Gasteiger charge is 2.32. The summed E-state index contributed by atoms with van der Waals surface area (Å²) in [6.45, 7) is 5.75. The van der Waals surface area contributed by atoms with Gasteiger partial charge in [0.1, 0.15) is 0 Å². The van der Waals surface area contributed by atoms with E-state index in [1.54, 1.807) is 6.08 Å². The predicted octanol–water partition coefficient (Wildman–Crippen LogP) is 4.78. The van der Waals surface area contributed by atoms with Gasteiger partial charge in [0.2, 0.25) is 0 Å². The van der Waals surface area contributed by atoms with Crippen LogP contribution in [0.15, 0.2) is 71.7 Å². The fourth-order valence-electron chi connectivity index (χ4n) is 2.03. The number of halogens is 1. The molecule has 0 saturated heterocycles. The number of rotatable bonds is 4. The molecule has 0 unspecified atom stereocenters. The molecule has 0 N–H and O–H groups in total. The first-order chi connectivity index (χ1) is 9.08. The molecule has 0 spiro atoms. The minimum atomic E-state index is -0.706. The highest BCUT2D eigenvalue weighted by Crippen LogP contribution is 2.30. The van der Waals surface area contributed by atoms with Crippen molar-refractivity contribution >= 4 is 21.7 Å². The molecule has 96 valence electrons. The van der Waals surface area contributed by atoms with Gasteiger partial charge >= 0.3 is 0 Å². The molecule has 0 amide bonds. The maximum absolute atomic E-state index is 12.7. The summed E-state index contributed by atoms with van der Waals surface area (Å²) in [6.07, 6.45) is 1.71. The Labute approximate surface area is 122 Å². The lowest BCUT2D eigenvalue weighted by atomic mass is 9.76. The first kappa shape index (κ1) is 13.8. The van der Waals surface area contributed by atoms with Gasteiger partial charge in [-0.05, 0) is 24.6 Å². The molecule has 2 aromatic rings. The van der Waals surface area contributed by atoms with Crippen molar-refractivity contribution in [3.63, 3.8) is 0 Å². The van der Waals surface area contributed by atoms with Crippen LogP contribution in [-0.2, 0) is 5.41 Å².